The molecule has 0 aliphatic rings. The topological polar surface area (TPSA) is 46.5 Å². The number of hydrogen-bond acceptors (Lipinski definition) is 3. The molecule has 1 heterocycles. The normalized spacial score (nSPS) is 10.7. The lowest BCUT2D eigenvalue weighted by atomic mass is 10.0. The predicted octanol–water partition coefficient (Wildman–Crippen LogP) is 4.67. The first-order valence-electron chi connectivity index (χ1n) is 6.07. The van der Waals surface area contributed by atoms with E-state index in [0.717, 1.165) is 11.3 Å². The maximum Gasteiger partial charge on any atom is 0.346 e. The highest BCUT2D eigenvalue weighted by molar-refractivity contribution is 7.12. The molecule has 100 valence electrons. The second-order valence-electron chi connectivity index (χ2n) is 4.73. The molecule has 0 radical (unpaired) electrons. The molecular weight excluding hydrogens is 260 g/mol. The van der Waals surface area contributed by atoms with Crippen LogP contribution in [-0.4, -0.2) is 11.1 Å². The van der Waals surface area contributed by atoms with Crippen LogP contribution in [0.25, 0.3) is 0 Å². The van der Waals surface area contributed by atoms with Crippen molar-refractivity contribution in [3.63, 3.8) is 0 Å². The third-order valence-corrected chi connectivity index (χ3v) is 3.79. The quantitative estimate of drug-likeness (QED) is 0.882. The van der Waals surface area contributed by atoms with Gasteiger partial charge < -0.3 is 9.84 Å². The summed E-state index contributed by atoms with van der Waals surface area (Å²) in [7, 11) is 0. The van der Waals surface area contributed by atoms with E-state index in [1.165, 1.54) is 16.9 Å². The van der Waals surface area contributed by atoms with Crippen LogP contribution in [0.15, 0.2) is 29.6 Å². The molecule has 0 saturated heterocycles. The summed E-state index contributed by atoms with van der Waals surface area (Å²) in [6, 6.07) is 7.67. The Morgan fingerprint density at radius 2 is 2.05 bits per heavy atom. The molecule has 1 aromatic heterocycles. The van der Waals surface area contributed by atoms with Crippen LogP contribution in [0.2, 0.25) is 0 Å². The average molecular weight is 276 g/mol. The SMILES string of the molecule is Cc1ccc(C(C)C)cc1Oc1csc(C(=O)O)c1. The molecule has 1 aromatic carbocycles. The minimum absolute atomic E-state index is 0.285. The second kappa shape index (κ2) is 5.45. The molecule has 0 spiro atoms. The zero-order valence-electron chi connectivity index (χ0n) is 11.1. The Hall–Kier alpha value is -1.81. The minimum Gasteiger partial charge on any atom is -0.477 e. The molecular formula is C15H16O3S. The van der Waals surface area contributed by atoms with Crippen LogP contribution >= 0.6 is 11.3 Å². The Bertz CT molecular complexity index is 599. The summed E-state index contributed by atoms with van der Waals surface area (Å²) >= 11 is 1.17. The molecule has 0 bridgehead atoms. The van der Waals surface area contributed by atoms with E-state index in [1.54, 1.807) is 11.4 Å². The van der Waals surface area contributed by atoms with Crippen molar-refractivity contribution in [2.45, 2.75) is 26.7 Å². The van der Waals surface area contributed by atoms with Crippen molar-refractivity contribution < 1.29 is 14.6 Å². The fourth-order valence-electron chi connectivity index (χ4n) is 1.70. The lowest BCUT2D eigenvalue weighted by molar-refractivity contribution is 0.0702. The fourth-order valence-corrected chi connectivity index (χ4v) is 2.34. The lowest BCUT2D eigenvalue weighted by Gasteiger charge is -2.11. The van der Waals surface area contributed by atoms with Gasteiger partial charge in [-0.1, -0.05) is 26.0 Å². The summed E-state index contributed by atoms with van der Waals surface area (Å²) in [5.74, 6) is 0.861. The number of aromatic carboxylic acids is 1. The monoisotopic (exact) mass is 276 g/mol. The van der Waals surface area contributed by atoms with E-state index in [2.05, 4.69) is 19.9 Å². The van der Waals surface area contributed by atoms with Crippen LogP contribution in [0, 0.1) is 6.92 Å². The Kier molecular flexibility index (Phi) is 3.90. The molecule has 0 atom stereocenters. The third-order valence-electron chi connectivity index (χ3n) is 2.89. The van der Waals surface area contributed by atoms with Gasteiger partial charge in [0.1, 0.15) is 16.4 Å². The Labute approximate surface area is 116 Å². The molecule has 4 heteroatoms. The van der Waals surface area contributed by atoms with Gasteiger partial charge in [-0.3, -0.25) is 0 Å². The van der Waals surface area contributed by atoms with Crippen molar-refractivity contribution in [2.24, 2.45) is 0 Å². The molecule has 0 saturated carbocycles. The van der Waals surface area contributed by atoms with Gasteiger partial charge in [0.2, 0.25) is 0 Å². The first kappa shape index (κ1) is 13.6. The molecule has 0 aliphatic carbocycles. The van der Waals surface area contributed by atoms with Crippen molar-refractivity contribution in [1.29, 1.82) is 0 Å². The van der Waals surface area contributed by atoms with E-state index < -0.39 is 5.97 Å². The van der Waals surface area contributed by atoms with E-state index in [-0.39, 0.29) is 4.88 Å². The van der Waals surface area contributed by atoms with Gasteiger partial charge in [0.05, 0.1) is 0 Å². The second-order valence-corrected chi connectivity index (χ2v) is 5.64. The summed E-state index contributed by atoms with van der Waals surface area (Å²) < 4.78 is 5.78. The van der Waals surface area contributed by atoms with Crippen LogP contribution < -0.4 is 4.74 Å². The van der Waals surface area contributed by atoms with Crippen LogP contribution in [-0.2, 0) is 0 Å². The summed E-state index contributed by atoms with van der Waals surface area (Å²) in [5.41, 5.74) is 2.24. The Balaban J connectivity index is 2.26. The smallest absolute Gasteiger partial charge is 0.346 e. The van der Waals surface area contributed by atoms with E-state index in [1.807, 2.05) is 19.1 Å². The Morgan fingerprint density at radius 1 is 1.32 bits per heavy atom. The number of carboxylic acid groups (broad SMARTS) is 1. The Morgan fingerprint density at radius 3 is 2.63 bits per heavy atom. The molecule has 19 heavy (non-hydrogen) atoms. The van der Waals surface area contributed by atoms with Crippen molar-refractivity contribution in [3.8, 4) is 11.5 Å². The number of hydrogen-bond donors (Lipinski definition) is 1. The van der Waals surface area contributed by atoms with E-state index in [0.29, 0.717) is 11.7 Å². The van der Waals surface area contributed by atoms with E-state index >= 15 is 0 Å². The number of carbonyl (C=O) groups is 1. The van der Waals surface area contributed by atoms with E-state index in [9.17, 15) is 4.79 Å². The average Bonchev–Trinajstić information content (AvgIpc) is 2.80. The largest absolute Gasteiger partial charge is 0.477 e. The number of ether oxygens (including phenoxy) is 1. The van der Waals surface area contributed by atoms with Gasteiger partial charge in [-0.15, -0.1) is 11.3 Å². The molecule has 2 rings (SSSR count). The summed E-state index contributed by atoms with van der Waals surface area (Å²) in [4.78, 5) is 11.1. The molecule has 0 amide bonds. The van der Waals surface area contributed by atoms with Gasteiger partial charge >= 0.3 is 5.97 Å². The van der Waals surface area contributed by atoms with Crippen LogP contribution in [0.3, 0.4) is 0 Å². The summed E-state index contributed by atoms with van der Waals surface area (Å²) in [5, 5.41) is 10.6. The van der Waals surface area contributed by atoms with Crippen molar-refractivity contribution in [2.75, 3.05) is 0 Å². The fraction of sp³-hybridized carbons (Fsp3) is 0.267. The number of aryl methyl sites for hydroxylation is 1. The highest BCUT2D eigenvalue weighted by atomic mass is 32.1. The molecule has 3 nitrogen and oxygen atoms in total. The number of benzene rings is 1. The van der Waals surface area contributed by atoms with Crippen molar-refractivity contribution in [3.05, 3.63) is 45.6 Å². The van der Waals surface area contributed by atoms with Gasteiger partial charge in [-0.25, -0.2) is 4.79 Å². The van der Waals surface area contributed by atoms with Gasteiger partial charge in [0.25, 0.3) is 0 Å². The molecule has 0 unspecified atom stereocenters. The minimum atomic E-state index is -0.924. The summed E-state index contributed by atoms with van der Waals surface area (Å²) in [6.07, 6.45) is 0. The standard InChI is InChI=1S/C15H16O3S/c1-9(2)11-5-4-10(3)13(6-11)18-12-7-14(15(16)17)19-8-12/h4-9H,1-3H3,(H,16,17). The molecule has 0 fully saturated rings. The number of thiophene rings is 1. The lowest BCUT2D eigenvalue weighted by Crippen LogP contribution is -1.92. The number of carboxylic acids is 1. The molecule has 1 N–H and O–H groups in total. The summed E-state index contributed by atoms with van der Waals surface area (Å²) in [6.45, 7) is 6.23. The zero-order valence-corrected chi connectivity index (χ0v) is 12.0. The first-order chi connectivity index (χ1) is 8.97. The maximum absolute atomic E-state index is 10.8. The zero-order chi connectivity index (χ0) is 14.0. The van der Waals surface area contributed by atoms with Gasteiger partial charge in [-0.2, -0.15) is 0 Å². The predicted molar refractivity (Wildman–Crippen MR) is 76.6 cm³/mol. The van der Waals surface area contributed by atoms with Gasteiger partial charge in [0, 0.05) is 11.4 Å². The highest BCUT2D eigenvalue weighted by Crippen LogP contribution is 2.31. The van der Waals surface area contributed by atoms with E-state index in [4.69, 9.17) is 9.84 Å². The van der Waals surface area contributed by atoms with Crippen molar-refractivity contribution in [1.82, 2.24) is 0 Å². The highest BCUT2D eigenvalue weighted by Gasteiger charge is 2.10. The molecule has 0 aliphatic heterocycles. The van der Waals surface area contributed by atoms with Crippen LogP contribution in [0.1, 0.15) is 40.6 Å². The molecule has 2 aromatic rings. The number of rotatable bonds is 4. The third kappa shape index (κ3) is 3.15. The van der Waals surface area contributed by atoms with Gasteiger partial charge in [0.15, 0.2) is 0 Å². The van der Waals surface area contributed by atoms with Crippen LogP contribution in [0.5, 0.6) is 11.5 Å². The first-order valence-corrected chi connectivity index (χ1v) is 6.95. The van der Waals surface area contributed by atoms with Crippen molar-refractivity contribution >= 4 is 17.3 Å². The maximum atomic E-state index is 10.8. The van der Waals surface area contributed by atoms with Gasteiger partial charge in [-0.05, 0) is 30.0 Å². The van der Waals surface area contributed by atoms with Crippen LogP contribution in [0.4, 0.5) is 0 Å².